The van der Waals surface area contributed by atoms with Crippen molar-refractivity contribution in [1.29, 1.82) is 0 Å². The van der Waals surface area contributed by atoms with E-state index < -0.39 is 52.3 Å². The maximum atomic E-state index is 13.5. The molecule has 0 radical (unpaired) electrons. The van der Waals surface area contributed by atoms with Crippen molar-refractivity contribution in [2.75, 3.05) is 11.5 Å². The van der Waals surface area contributed by atoms with E-state index in [9.17, 15) is 22.8 Å². The van der Waals surface area contributed by atoms with Crippen LogP contribution >= 0.6 is 11.6 Å². The first-order chi connectivity index (χ1) is 16.5. The highest BCUT2D eigenvalue weighted by Crippen LogP contribution is 2.62. The van der Waals surface area contributed by atoms with Crippen LogP contribution in [0.1, 0.15) is 31.7 Å². The number of pyridine rings is 1. The molecule has 3 aliphatic rings. The number of imide groups is 1. The number of amides is 2. The van der Waals surface area contributed by atoms with Crippen molar-refractivity contribution in [3.8, 4) is 5.88 Å². The van der Waals surface area contributed by atoms with Gasteiger partial charge in [-0.05, 0) is 38.0 Å². The van der Waals surface area contributed by atoms with Gasteiger partial charge in [-0.25, -0.2) is 14.7 Å². The first-order valence-corrected chi connectivity index (χ1v) is 11.3. The summed E-state index contributed by atoms with van der Waals surface area (Å²) in [7, 11) is 0. The molecule has 4 atom stereocenters. The Morgan fingerprint density at radius 3 is 2.63 bits per heavy atom. The zero-order valence-corrected chi connectivity index (χ0v) is 19.2. The predicted octanol–water partition coefficient (Wildman–Crippen LogP) is 5.20. The van der Waals surface area contributed by atoms with E-state index in [4.69, 9.17) is 27.6 Å². The molecule has 7 nitrogen and oxygen atoms in total. The fraction of sp³-hybridized carbons (Fsp3) is 0.417. The van der Waals surface area contributed by atoms with Gasteiger partial charge in [-0.1, -0.05) is 17.7 Å². The van der Waals surface area contributed by atoms with Crippen LogP contribution in [0.15, 0.2) is 36.5 Å². The monoisotopic (exact) mass is 505 g/mol. The van der Waals surface area contributed by atoms with Gasteiger partial charge in [0.25, 0.3) is 0 Å². The number of ether oxygens (including phenoxy) is 2. The quantitative estimate of drug-likeness (QED) is 0.412. The van der Waals surface area contributed by atoms with Crippen LogP contribution in [0, 0.1) is 18.4 Å². The highest BCUT2D eigenvalue weighted by molar-refractivity contribution is 6.30. The summed E-state index contributed by atoms with van der Waals surface area (Å²) in [5.41, 5.74) is -3.87. The van der Waals surface area contributed by atoms with Gasteiger partial charge in [-0.3, -0.25) is 9.59 Å². The first-order valence-electron chi connectivity index (χ1n) is 10.9. The van der Waals surface area contributed by atoms with Crippen molar-refractivity contribution in [2.45, 2.75) is 43.6 Å². The van der Waals surface area contributed by atoms with Gasteiger partial charge >= 0.3 is 6.18 Å². The second kappa shape index (κ2) is 7.93. The molecule has 5 rings (SSSR count). The van der Waals surface area contributed by atoms with Crippen molar-refractivity contribution < 1.29 is 32.2 Å². The molecule has 2 bridgehead atoms. The fourth-order valence-corrected chi connectivity index (χ4v) is 5.74. The summed E-state index contributed by atoms with van der Waals surface area (Å²) in [4.78, 5) is 34.7. The number of anilines is 1. The molecule has 0 aliphatic carbocycles. The molecule has 2 amide bonds. The second-order valence-electron chi connectivity index (χ2n) is 9.17. The van der Waals surface area contributed by atoms with E-state index in [0.717, 1.165) is 11.0 Å². The Bertz CT molecular complexity index is 1260. The Morgan fingerprint density at radius 1 is 1.23 bits per heavy atom. The highest BCUT2D eigenvalue weighted by atomic mass is 35.5. The molecular weight excluding hydrogens is 487 g/mol. The molecule has 35 heavy (non-hydrogen) atoms. The molecule has 11 heteroatoms. The molecule has 0 N–H and O–H groups in total. The standard InChI is InChI=1S/C24H19ClF3N3O4/c1-22-7-8-23(35-22,9-10-34-17-6-3-13(25)12-30-17)19-18(22)20(32)31(21(19)33)14-4-5-16(29-2)15(11-14)24(26,27)28/h3-6,11-12,18-19H,7-10H2,1H3/t18-,19+,22?,23?/m1/s1. The molecule has 1 aromatic carbocycles. The molecule has 3 fully saturated rings. The Kier molecular flexibility index (Phi) is 5.34. The SMILES string of the molecule is [C-]#[N+]c1ccc(N2C(=O)[C@@H]3[C@H](C2=O)C2(C)CCC3(CCOc3ccc(Cl)cn3)O2)cc1C(F)(F)F. The number of nitrogens with zero attached hydrogens (tertiary/aromatic N) is 3. The van der Waals surface area contributed by atoms with Gasteiger partial charge in [0.15, 0.2) is 5.69 Å². The lowest BCUT2D eigenvalue weighted by molar-refractivity contribution is -0.137. The zero-order chi connectivity index (χ0) is 25.2. The maximum Gasteiger partial charge on any atom is 0.407 e. The Morgan fingerprint density at radius 2 is 1.97 bits per heavy atom. The van der Waals surface area contributed by atoms with Gasteiger partial charge in [0.2, 0.25) is 17.7 Å². The van der Waals surface area contributed by atoms with E-state index in [0.29, 0.717) is 36.2 Å². The molecule has 3 aliphatic heterocycles. The number of halogens is 4. The normalized spacial score (nSPS) is 29.4. The van der Waals surface area contributed by atoms with E-state index in [1.54, 1.807) is 19.1 Å². The first kappa shape index (κ1) is 23.6. The molecule has 4 heterocycles. The van der Waals surface area contributed by atoms with E-state index in [1.165, 1.54) is 12.3 Å². The Hall–Kier alpha value is -3.16. The lowest BCUT2D eigenvalue weighted by Gasteiger charge is -2.31. The van der Waals surface area contributed by atoms with Crippen LogP contribution in [0.4, 0.5) is 24.5 Å². The summed E-state index contributed by atoms with van der Waals surface area (Å²) >= 11 is 5.83. The summed E-state index contributed by atoms with van der Waals surface area (Å²) in [6.45, 7) is 8.94. The number of alkyl halides is 3. The lowest BCUT2D eigenvalue weighted by atomic mass is 9.67. The number of hydrogen-bond donors (Lipinski definition) is 0. The molecule has 182 valence electrons. The van der Waals surface area contributed by atoms with Crippen LogP contribution in [0.2, 0.25) is 5.02 Å². The average Bonchev–Trinajstić information content (AvgIpc) is 3.38. The Labute approximate surface area is 203 Å². The van der Waals surface area contributed by atoms with E-state index in [-0.39, 0.29) is 12.3 Å². The largest absolute Gasteiger partial charge is 0.478 e. The third kappa shape index (κ3) is 3.65. The Balaban J connectivity index is 1.43. The van der Waals surface area contributed by atoms with Crippen LogP contribution in [-0.4, -0.2) is 34.6 Å². The van der Waals surface area contributed by atoms with Gasteiger partial charge in [0, 0.05) is 24.4 Å². The van der Waals surface area contributed by atoms with Crippen LogP contribution in [0.25, 0.3) is 4.85 Å². The van der Waals surface area contributed by atoms with Gasteiger partial charge in [-0.2, -0.15) is 13.2 Å². The van der Waals surface area contributed by atoms with Gasteiger partial charge in [-0.15, -0.1) is 0 Å². The van der Waals surface area contributed by atoms with Crippen LogP contribution in [0.5, 0.6) is 5.88 Å². The van der Waals surface area contributed by atoms with E-state index in [1.807, 2.05) is 0 Å². The summed E-state index contributed by atoms with van der Waals surface area (Å²) in [5.74, 6) is -2.50. The van der Waals surface area contributed by atoms with Crippen molar-refractivity contribution in [3.63, 3.8) is 0 Å². The summed E-state index contributed by atoms with van der Waals surface area (Å²) in [6.07, 6.45) is -2.02. The van der Waals surface area contributed by atoms with E-state index in [2.05, 4.69) is 9.83 Å². The molecule has 0 spiro atoms. The van der Waals surface area contributed by atoms with Crippen LogP contribution in [0.3, 0.4) is 0 Å². The molecule has 2 unspecified atom stereocenters. The predicted molar refractivity (Wildman–Crippen MR) is 118 cm³/mol. The summed E-state index contributed by atoms with van der Waals surface area (Å²) < 4.78 is 52.5. The molecular formula is C24H19ClF3N3O4. The fourth-order valence-electron chi connectivity index (χ4n) is 5.63. The number of hydrogen-bond acceptors (Lipinski definition) is 5. The minimum Gasteiger partial charge on any atom is -0.478 e. The van der Waals surface area contributed by atoms with Gasteiger partial charge in [0.05, 0.1) is 46.8 Å². The molecule has 2 aromatic rings. The molecule has 0 saturated carbocycles. The smallest absolute Gasteiger partial charge is 0.407 e. The highest BCUT2D eigenvalue weighted by Gasteiger charge is 2.73. The molecule has 1 aromatic heterocycles. The number of fused-ring (bicyclic) bond motifs is 5. The summed E-state index contributed by atoms with van der Waals surface area (Å²) in [5, 5.41) is 0.456. The van der Waals surface area contributed by atoms with Gasteiger partial charge in [0.1, 0.15) is 0 Å². The van der Waals surface area contributed by atoms with Crippen molar-refractivity contribution >= 4 is 34.8 Å². The number of carbonyl (C=O) groups is 2. The molecule has 3 saturated heterocycles. The third-order valence-electron chi connectivity index (χ3n) is 7.15. The average molecular weight is 506 g/mol. The second-order valence-corrected chi connectivity index (χ2v) is 9.61. The van der Waals surface area contributed by atoms with Crippen LogP contribution in [-0.2, 0) is 20.5 Å². The minimum atomic E-state index is -4.81. The van der Waals surface area contributed by atoms with Crippen molar-refractivity contribution in [2.24, 2.45) is 11.8 Å². The number of carbonyl (C=O) groups excluding carboxylic acids is 2. The topological polar surface area (TPSA) is 73.1 Å². The van der Waals surface area contributed by atoms with Gasteiger partial charge < -0.3 is 9.47 Å². The number of benzene rings is 1. The van der Waals surface area contributed by atoms with Crippen molar-refractivity contribution in [3.05, 3.63) is 58.5 Å². The number of rotatable bonds is 5. The van der Waals surface area contributed by atoms with Crippen LogP contribution < -0.4 is 9.64 Å². The lowest BCUT2D eigenvalue weighted by Crippen LogP contribution is -2.43. The minimum absolute atomic E-state index is 0.160. The third-order valence-corrected chi connectivity index (χ3v) is 7.38. The zero-order valence-electron chi connectivity index (χ0n) is 18.4. The summed E-state index contributed by atoms with van der Waals surface area (Å²) in [6, 6.07) is 6.11. The van der Waals surface area contributed by atoms with Crippen molar-refractivity contribution in [1.82, 2.24) is 4.98 Å². The van der Waals surface area contributed by atoms with E-state index >= 15 is 0 Å². The maximum absolute atomic E-state index is 13.5. The number of aromatic nitrogens is 1.